The molecular weight excluding hydrogens is 258 g/mol. The molecule has 6 nitrogen and oxygen atoms in total. The van der Waals surface area contributed by atoms with Gasteiger partial charge in [0.25, 0.3) is 5.69 Å². The molecule has 1 N–H and O–H groups in total. The predicted molar refractivity (Wildman–Crippen MR) is 75.8 cm³/mol. The van der Waals surface area contributed by atoms with Gasteiger partial charge in [-0.2, -0.15) is 0 Å². The molecule has 20 heavy (non-hydrogen) atoms. The van der Waals surface area contributed by atoms with Crippen molar-refractivity contribution in [1.82, 2.24) is 4.90 Å². The molecule has 0 spiro atoms. The number of nitrogens with zero attached hydrogens (tertiary/aromatic N) is 2. The van der Waals surface area contributed by atoms with Crippen molar-refractivity contribution in [2.45, 2.75) is 31.6 Å². The first-order valence-electron chi connectivity index (χ1n) is 6.98. The average Bonchev–Trinajstić information content (AvgIpc) is 2.77. The molecule has 0 radical (unpaired) electrons. The summed E-state index contributed by atoms with van der Waals surface area (Å²) < 4.78 is 5.82. The quantitative estimate of drug-likeness (QED) is 0.673. The molecule has 2 saturated heterocycles. The van der Waals surface area contributed by atoms with Crippen LogP contribution >= 0.6 is 0 Å². The molecule has 2 atom stereocenters. The Morgan fingerprint density at radius 3 is 2.70 bits per heavy atom. The lowest BCUT2D eigenvalue weighted by Crippen LogP contribution is -2.41. The Morgan fingerprint density at radius 2 is 2.10 bits per heavy atom. The van der Waals surface area contributed by atoms with Crippen molar-refractivity contribution in [1.29, 1.82) is 0 Å². The molecule has 2 aliphatic rings. The van der Waals surface area contributed by atoms with Crippen molar-refractivity contribution >= 4 is 11.4 Å². The number of ether oxygens (including phenoxy) is 1. The van der Waals surface area contributed by atoms with Crippen molar-refractivity contribution in [3.05, 3.63) is 33.9 Å². The predicted octanol–water partition coefficient (Wildman–Crippen LogP) is 2.00. The number of nitro benzene ring substituents is 1. The summed E-state index contributed by atoms with van der Waals surface area (Å²) in [6.45, 7) is 2.74. The molecule has 2 heterocycles. The van der Waals surface area contributed by atoms with Crippen LogP contribution in [0.4, 0.5) is 11.4 Å². The van der Waals surface area contributed by atoms with Gasteiger partial charge >= 0.3 is 0 Å². The van der Waals surface area contributed by atoms with Crippen LogP contribution in [-0.2, 0) is 11.3 Å². The Balaban J connectivity index is 1.73. The molecule has 2 unspecified atom stereocenters. The zero-order chi connectivity index (χ0) is 14.1. The van der Waals surface area contributed by atoms with Gasteiger partial charge in [0.15, 0.2) is 0 Å². The van der Waals surface area contributed by atoms with E-state index in [9.17, 15) is 10.1 Å². The van der Waals surface area contributed by atoms with E-state index in [1.165, 1.54) is 0 Å². The summed E-state index contributed by atoms with van der Waals surface area (Å²) in [6, 6.07) is 5.29. The average molecular weight is 277 g/mol. The lowest BCUT2D eigenvalue weighted by atomic mass is 10.1. The van der Waals surface area contributed by atoms with Gasteiger partial charge in [0.1, 0.15) is 5.69 Å². The highest BCUT2D eigenvalue weighted by Gasteiger charge is 2.33. The number of hydrogen-bond donors (Lipinski definition) is 1. The summed E-state index contributed by atoms with van der Waals surface area (Å²) in [5, 5.41) is 13.8. The van der Waals surface area contributed by atoms with Crippen LogP contribution in [0.1, 0.15) is 18.4 Å². The van der Waals surface area contributed by atoms with Crippen LogP contribution in [0, 0.1) is 10.1 Å². The number of nitrogens with one attached hydrogen (secondary N) is 1. The lowest BCUT2D eigenvalue weighted by molar-refractivity contribution is -0.384. The zero-order valence-corrected chi connectivity index (χ0v) is 11.5. The second kappa shape index (κ2) is 5.38. The fourth-order valence-electron chi connectivity index (χ4n) is 3.13. The van der Waals surface area contributed by atoms with Crippen LogP contribution in [-0.4, -0.2) is 42.2 Å². The first-order chi connectivity index (χ1) is 9.65. The first kappa shape index (κ1) is 13.3. The third-order valence-electron chi connectivity index (χ3n) is 4.05. The van der Waals surface area contributed by atoms with E-state index in [0.29, 0.717) is 17.9 Å². The van der Waals surface area contributed by atoms with Gasteiger partial charge in [-0.1, -0.05) is 6.07 Å². The number of hydrogen-bond acceptors (Lipinski definition) is 5. The summed E-state index contributed by atoms with van der Waals surface area (Å²) in [5.41, 5.74) is 1.79. The Kier molecular flexibility index (Phi) is 3.58. The molecule has 0 amide bonds. The van der Waals surface area contributed by atoms with Crippen LogP contribution < -0.4 is 5.32 Å². The summed E-state index contributed by atoms with van der Waals surface area (Å²) in [5.74, 6) is 0. The normalized spacial score (nSPS) is 25.6. The van der Waals surface area contributed by atoms with Gasteiger partial charge < -0.3 is 10.1 Å². The monoisotopic (exact) mass is 277 g/mol. The van der Waals surface area contributed by atoms with Crippen LogP contribution in [0.25, 0.3) is 0 Å². The highest BCUT2D eigenvalue weighted by molar-refractivity contribution is 5.62. The maximum Gasteiger partial charge on any atom is 0.292 e. The fourth-order valence-corrected chi connectivity index (χ4v) is 3.13. The Labute approximate surface area is 117 Å². The summed E-state index contributed by atoms with van der Waals surface area (Å²) in [6.07, 6.45) is 3.05. The van der Waals surface area contributed by atoms with E-state index < -0.39 is 0 Å². The van der Waals surface area contributed by atoms with Crippen LogP contribution in [0.15, 0.2) is 18.2 Å². The van der Waals surface area contributed by atoms with Gasteiger partial charge in [-0.15, -0.1) is 0 Å². The number of benzene rings is 1. The zero-order valence-electron chi connectivity index (χ0n) is 11.5. The van der Waals surface area contributed by atoms with Gasteiger partial charge in [0.2, 0.25) is 0 Å². The molecule has 3 rings (SSSR count). The molecule has 2 aliphatic heterocycles. The minimum atomic E-state index is -0.357. The van der Waals surface area contributed by atoms with E-state index >= 15 is 0 Å². The highest BCUT2D eigenvalue weighted by atomic mass is 16.6. The Morgan fingerprint density at radius 1 is 1.40 bits per heavy atom. The number of fused-ring (bicyclic) bond motifs is 2. The largest absolute Gasteiger partial charge is 0.383 e. The van der Waals surface area contributed by atoms with Gasteiger partial charge in [-0.05, 0) is 24.5 Å². The summed E-state index contributed by atoms with van der Waals surface area (Å²) in [4.78, 5) is 12.9. The lowest BCUT2D eigenvalue weighted by Gasteiger charge is -2.32. The van der Waals surface area contributed by atoms with Crippen LogP contribution in [0.3, 0.4) is 0 Å². The van der Waals surface area contributed by atoms with Gasteiger partial charge in [-0.3, -0.25) is 15.0 Å². The van der Waals surface area contributed by atoms with E-state index in [2.05, 4.69) is 10.2 Å². The van der Waals surface area contributed by atoms with E-state index in [4.69, 9.17) is 4.74 Å². The third kappa shape index (κ3) is 2.62. The second-order valence-corrected chi connectivity index (χ2v) is 5.51. The fraction of sp³-hybridized carbons (Fsp3) is 0.571. The number of morpholine rings is 1. The van der Waals surface area contributed by atoms with E-state index in [-0.39, 0.29) is 10.6 Å². The van der Waals surface area contributed by atoms with Crippen molar-refractivity contribution < 1.29 is 9.66 Å². The highest BCUT2D eigenvalue weighted by Crippen LogP contribution is 2.29. The first-order valence-corrected chi connectivity index (χ1v) is 6.98. The minimum Gasteiger partial charge on any atom is -0.383 e. The van der Waals surface area contributed by atoms with Crippen molar-refractivity contribution in [2.75, 3.05) is 25.5 Å². The number of nitro groups is 1. The molecule has 2 fully saturated rings. The molecule has 0 aliphatic carbocycles. The Bertz CT molecular complexity index is 508. The van der Waals surface area contributed by atoms with Crippen molar-refractivity contribution in [3.63, 3.8) is 0 Å². The number of anilines is 1. The van der Waals surface area contributed by atoms with Crippen molar-refractivity contribution in [3.8, 4) is 0 Å². The molecule has 2 bridgehead atoms. The molecule has 0 saturated carbocycles. The maximum absolute atomic E-state index is 10.9. The van der Waals surface area contributed by atoms with Gasteiger partial charge in [-0.25, -0.2) is 0 Å². The molecule has 6 heteroatoms. The van der Waals surface area contributed by atoms with E-state index in [1.807, 2.05) is 12.1 Å². The van der Waals surface area contributed by atoms with Crippen molar-refractivity contribution in [2.24, 2.45) is 0 Å². The smallest absolute Gasteiger partial charge is 0.292 e. The SMILES string of the molecule is CNc1cc(CN2CC3CCC(C2)O3)ccc1[N+](=O)[O-]. The van der Waals surface area contributed by atoms with Gasteiger partial charge in [0, 0.05) is 32.7 Å². The summed E-state index contributed by atoms with van der Waals surface area (Å²) in [7, 11) is 1.71. The standard InChI is InChI=1S/C14H19N3O3/c1-15-13-6-10(2-5-14(13)17(18)19)7-16-8-11-3-4-12(9-16)20-11/h2,5-6,11-12,15H,3-4,7-9H2,1H3. The van der Waals surface area contributed by atoms with E-state index in [1.54, 1.807) is 13.1 Å². The molecule has 108 valence electrons. The van der Waals surface area contributed by atoms with E-state index in [0.717, 1.165) is 38.0 Å². The molecular formula is C14H19N3O3. The topological polar surface area (TPSA) is 67.6 Å². The summed E-state index contributed by atoms with van der Waals surface area (Å²) >= 11 is 0. The molecule has 0 aromatic heterocycles. The Hall–Kier alpha value is -1.66. The van der Waals surface area contributed by atoms with Gasteiger partial charge in [0.05, 0.1) is 17.1 Å². The molecule has 1 aromatic rings. The molecule has 1 aromatic carbocycles. The maximum atomic E-state index is 10.9. The third-order valence-corrected chi connectivity index (χ3v) is 4.05. The number of likely N-dealkylation sites (tertiary alicyclic amines) is 1. The van der Waals surface area contributed by atoms with Crippen LogP contribution in [0.2, 0.25) is 0 Å². The van der Waals surface area contributed by atoms with Crippen LogP contribution in [0.5, 0.6) is 0 Å². The number of rotatable bonds is 4. The minimum absolute atomic E-state index is 0.123. The second-order valence-electron chi connectivity index (χ2n) is 5.51.